The molecule has 2 aromatic rings. The zero-order chi connectivity index (χ0) is 13.1. The lowest BCUT2D eigenvalue weighted by Crippen LogP contribution is -2.11. The van der Waals surface area contributed by atoms with E-state index in [1.165, 1.54) is 6.07 Å². The first kappa shape index (κ1) is 12.1. The molecule has 10 heteroatoms. The van der Waals surface area contributed by atoms with Crippen LogP contribution in [0.25, 0.3) is 0 Å². The molecule has 0 aliphatic carbocycles. The van der Waals surface area contributed by atoms with Crippen LogP contribution in [-0.4, -0.2) is 19.9 Å². The topological polar surface area (TPSA) is 162 Å². The molecule has 0 unspecified atom stereocenters. The van der Waals surface area contributed by atoms with Gasteiger partial charge in [-0.1, -0.05) is 0 Å². The van der Waals surface area contributed by atoms with E-state index in [4.69, 9.17) is 17.3 Å². The Bertz CT molecular complexity index is 627. The van der Waals surface area contributed by atoms with Crippen LogP contribution < -0.4 is 28.3 Å². The second-order valence-electron chi connectivity index (χ2n) is 3.17. The highest BCUT2D eigenvalue weighted by Gasteiger charge is 2.06. The van der Waals surface area contributed by atoms with Crippen molar-refractivity contribution in [3.8, 4) is 0 Å². The van der Waals surface area contributed by atoms with Gasteiger partial charge >= 0.3 is 0 Å². The first-order valence-electron chi connectivity index (χ1n) is 4.72. The van der Waals surface area contributed by atoms with Crippen molar-refractivity contribution in [1.82, 2.24) is 19.9 Å². The molecule has 2 heterocycles. The SMILES string of the molecule is NNc1cc(Sc2nc(N)cc(=O)[nH]2)nc(N)n1. The first-order chi connectivity index (χ1) is 8.56. The van der Waals surface area contributed by atoms with Crippen LogP contribution >= 0.6 is 11.8 Å². The quantitative estimate of drug-likeness (QED) is 0.206. The van der Waals surface area contributed by atoms with Gasteiger partial charge in [0, 0.05) is 12.1 Å². The van der Waals surface area contributed by atoms with Crippen molar-refractivity contribution >= 4 is 29.3 Å². The predicted molar refractivity (Wildman–Crippen MR) is 67.6 cm³/mol. The molecule has 0 aliphatic rings. The Morgan fingerprint density at radius 2 is 2.00 bits per heavy atom. The van der Waals surface area contributed by atoms with Gasteiger partial charge in [-0.15, -0.1) is 0 Å². The van der Waals surface area contributed by atoms with Gasteiger partial charge in [-0.3, -0.25) is 4.79 Å². The zero-order valence-electron chi connectivity index (χ0n) is 9.04. The summed E-state index contributed by atoms with van der Waals surface area (Å²) in [7, 11) is 0. The van der Waals surface area contributed by atoms with E-state index in [2.05, 4.69) is 25.4 Å². The summed E-state index contributed by atoms with van der Waals surface area (Å²) in [4.78, 5) is 25.5. The van der Waals surface area contributed by atoms with Crippen LogP contribution in [0, 0.1) is 0 Å². The number of nitrogens with two attached hydrogens (primary N) is 3. The summed E-state index contributed by atoms with van der Waals surface area (Å²) < 4.78 is 0. The summed E-state index contributed by atoms with van der Waals surface area (Å²) in [5.41, 5.74) is 13.0. The number of nitrogens with zero attached hydrogens (tertiary/aromatic N) is 3. The number of hydrogen-bond donors (Lipinski definition) is 5. The third kappa shape index (κ3) is 2.87. The molecule has 0 saturated heterocycles. The van der Waals surface area contributed by atoms with E-state index in [0.29, 0.717) is 16.0 Å². The third-order valence-corrected chi connectivity index (χ3v) is 2.61. The maximum Gasteiger partial charge on any atom is 0.253 e. The molecule has 0 spiro atoms. The minimum Gasteiger partial charge on any atom is -0.383 e. The Labute approximate surface area is 105 Å². The molecule has 8 N–H and O–H groups in total. The van der Waals surface area contributed by atoms with Crippen LogP contribution in [0.5, 0.6) is 0 Å². The Balaban J connectivity index is 2.33. The molecule has 0 bridgehead atoms. The van der Waals surface area contributed by atoms with E-state index in [9.17, 15) is 4.79 Å². The van der Waals surface area contributed by atoms with Crippen LogP contribution in [0.4, 0.5) is 17.6 Å². The minimum atomic E-state index is -0.343. The largest absolute Gasteiger partial charge is 0.383 e. The van der Waals surface area contributed by atoms with Gasteiger partial charge in [0.25, 0.3) is 5.56 Å². The van der Waals surface area contributed by atoms with Crippen molar-refractivity contribution in [2.24, 2.45) is 5.84 Å². The number of nitrogen functional groups attached to an aromatic ring is 3. The lowest BCUT2D eigenvalue weighted by atomic mass is 10.6. The molecule has 0 fully saturated rings. The average molecular weight is 266 g/mol. The number of rotatable bonds is 3. The Morgan fingerprint density at radius 3 is 2.67 bits per heavy atom. The summed E-state index contributed by atoms with van der Waals surface area (Å²) in [5, 5.41) is 0.783. The molecule has 2 rings (SSSR count). The van der Waals surface area contributed by atoms with E-state index >= 15 is 0 Å². The second kappa shape index (κ2) is 4.89. The smallest absolute Gasteiger partial charge is 0.253 e. The molecule has 9 nitrogen and oxygen atoms in total. The highest BCUT2D eigenvalue weighted by molar-refractivity contribution is 7.99. The van der Waals surface area contributed by atoms with E-state index in [0.717, 1.165) is 11.8 Å². The fourth-order valence-corrected chi connectivity index (χ4v) is 1.98. The van der Waals surface area contributed by atoms with Gasteiger partial charge in [0.05, 0.1) is 0 Å². The first-order valence-corrected chi connectivity index (χ1v) is 5.54. The van der Waals surface area contributed by atoms with Gasteiger partial charge in [0.2, 0.25) is 5.95 Å². The lowest BCUT2D eigenvalue weighted by molar-refractivity contribution is 0.938. The van der Waals surface area contributed by atoms with Gasteiger partial charge in [0.1, 0.15) is 16.7 Å². The maximum absolute atomic E-state index is 11.2. The molecule has 0 aliphatic heterocycles. The molecule has 0 atom stereocenters. The van der Waals surface area contributed by atoms with Crippen LogP contribution in [0.1, 0.15) is 0 Å². The Kier molecular flexibility index (Phi) is 3.30. The third-order valence-electron chi connectivity index (χ3n) is 1.81. The van der Waals surface area contributed by atoms with Gasteiger partial charge < -0.3 is 21.9 Å². The number of aromatic amines is 1. The number of H-pyrrole nitrogens is 1. The van der Waals surface area contributed by atoms with Crippen LogP contribution in [0.15, 0.2) is 27.1 Å². The van der Waals surface area contributed by atoms with Crippen molar-refractivity contribution < 1.29 is 0 Å². The molecule has 18 heavy (non-hydrogen) atoms. The highest BCUT2D eigenvalue weighted by Crippen LogP contribution is 2.24. The van der Waals surface area contributed by atoms with E-state index in [1.807, 2.05) is 0 Å². The van der Waals surface area contributed by atoms with Crippen molar-refractivity contribution in [3.63, 3.8) is 0 Å². The second-order valence-corrected chi connectivity index (χ2v) is 4.18. The summed E-state index contributed by atoms with van der Waals surface area (Å²) >= 11 is 1.09. The highest BCUT2D eigenvalue weighted by atomic mass is 32.2. The monoisotopic (exact) mass is 266 g/mol. The predicted octanol–water partition coefficient (Wildman–Crippen LogP) is -0.839. The van der Waals surface area contributed by atoms with Gasteiger partial charge in [-0.2, -0.15) is 4.98 Å². The molecule has 0 radical (unpaired) electrons. The number of anilines is 3. The van der Waals surface area contributed by atoms with Crippen LogP contribution in [0.2, 0.25) is 0 Å². The van der Waals surface area contributed by atoms with Crippen molar-refractivity contribution in [1.29, 1.82) is 0 Å². The maximum atomic E-state index is 11.2. The fraction of sp³-hybridized carbons (Fsp3) is 0. The van der Waals surface area contributed by atoms with E-state index in [1.54, 1.807) is 6.07 Å². The molecule has 2 aromatic heterocycles. The Morgan fingerprint density at radius 1 is 1.22 bits per heavy atom. The summed E-state index contributed by atoms with van der Waals surface area (Å²) in [6.45, 7) is 0. The number of hydrazine groups is 1. The molecule has 0 saturated carbocycles. The Hall–Kier alpha value is -2.33. The number of hydrogen-bond acceptors (Lipinski definition) is 9. The summed E-state index contributed by atoms with van der Waals surface area (Å²) in [5.74, 6) is 5.77. The van der Waals surface area contributed by atoms with Crippen molar-refractivity contribution in [2.75, 3.05) is 16.9 Å². The molecular formula is C8H10N8OS. The minimum absolute atomic E-state index is 0.0548. The molecule has 0 amide bonds. The van der Waals surface area contributed by atoms with Gasteiger partial charge in [-0.05, 0) is 11.8 Å². The zero-order valence-corrected chi connectivity index (χ0v) is 9.86. The standard InChI is InChI=1S/C8H10N8OS/c9-3-1-5(17)14-8(12-3)18-6-2-4(16-11)13-7(10)15-6/h1-2H,11H2,(H3,9,12,14,17)(H3,10,13,15,16). The van der Waals surface area contributed by atoms with Crippen molar-refractivity contribution in [2.45, 2.75) is 10.2 Å². The van der Waals surface area contributed by atoms with E-state index in [-0.39, 0.29) is 17.3 Å². The molecular weight excluding hydrogens is 256 g/mol. The summed E-state index contributed by atoms with van der Waals surface area (Å²) in [6.07, 6.45) is 0. The van der Waals surface area contributed by atoms with Gasteiger partial charge in [0.15, 0.2) is 5.16 Å². The van der Waals surface area contributed by atoms with Gasteiger partial charge in [-0.25, -0.2) is 15.8 Å². The van der Waals surface area contributed by atoms with E-state index < -0.39 is 0 Å². The molecule has 0 aromatic carbocycles. The number of nitrogens with one attached hydrogen (secondary N) is 2. The fourth-order valence-electron chi connectivity index (χ4n) is 1.17. The molecule has 94 valence electrons. The van der Waals surface area contributed by atoms with Crippen LogP contribution in [0.3, 0.4) is 0 Å². The van der Waals surface area contributed by atoms with Crippen LogP contribution in [-0.2, 0) is 0 Å². The lowest BCUT2D eigenvalue weighted by Gasteiger charge is -2.04. The average Bonchev–Trinajstić information content (AvgIpc) is 2.26. The van der Waals surface area contributed by atoms with Crippen molar-refractivity contribution in [3.05, 3.63) is 22.5 Å². The number of aromatic nitrogens is 4. The summed E-state index contributed by atoms with van der Waals surface area (Å²) in [6, 6.07) is 2.75. The normalized spacial score (nSPS) is 10.3.